The summed E-state index contributed by atoms with van der Waals surface area (Å²) in [4.78, 5) is 27.4. The molecule has 0 saturated carbocycles. The van der Waals surface area contributed by atoms with E-state index in [1.165, 1.54) is 4.90 Å². The van der Waals surface area contributed by atoms with Crippen LogP contribution in [0.3, 0.4) is 0 Å². The van der Waals surface area contributed by atoms with Gasteiger partial charge < -0.3 is 5.11 Å². The summed E-state index contributed by atoms with van der Waals surface area (Å²) in [6.45, 7) is 0. The standard InChI is InChI=1S/C23H15BrClNO3/c24-15-9-6-10-16(13-15)26-20(17-11-4-5-12-18(17)25)19(22(28)23(26)29)21(27)14-7-2-1-3-8-14/h1-13,20,27H/b21-19+/t20-/m0/s1. The van der Waals surface area contributed by atoms with E-state index in [1.807, 2.05) is 12.1 Å². The zero-order valence-corrected chi connectivity index (χ0v) is 17.4. The van der Waals surface area contributed by atoms with Crippen LogP contribution in [-0.4, -0.2) is 16.8 Å². The molecule has 1 atom stereocenters. The van der Waals surface area contributed by atoms with Crippen molar-refractivity contribution in [2.75, 3.05) is 4.90 Å². The van der Waals surface area contributed by atoms with E-state index in [2.05, 4.69) is 15.9 Å². The predicted octanol–water partition coefficient (Wildman–Crippen LogP) is 5.73. The average Bonchev–Trinajstić information content (AvgIpc) is 2.99. The molecule has 1 aliphatic rings. The fourth-order valence-corrected chi connectivity index (χ4v) is 4.09. The molecule has 144 valence electrons. The van der Waals surface area contributed by atoms with Crippen LogP contribution in [0.25, 0.3) is 5.76 Å². The third-order valence-corrected chi connectivity index (χ3v) is 5.62. The van der Waals surface area contributed by atoms with Gasteiger partial charge in [0, 0.05) is 20.7 Å². The normalized spacial score (nSPS) is 18.3. The number of aliphatic hydroxyl groups excluding tert-OH is 1. The van der Waals surface area contributed by atoms with E-state index in [-0.39, 0.29) is 11.3 Å². The van der Waals surface area contributed by atoms with Gasteiger partial charge in [-0.15, -0.1) is 0 Å². The van der Waals surface area contributed by atoms with Crippen LogP contribution < -0.4 is 4.90 Å². The molecule has 3 aromatic carbocycles. The molecule has 3 aromatic rings. The van der Waals surface area contributed by atoms with Gasteiger partial charge in [0.25, 0.3) is 11.7 Å². The number of hydrogen-bond donors (Lipinski definition) is 1. The minimum Gasteiger partial charge on any atom is -0.507 e. The number of halogens is 2. The first kappa shape index (κ1) is 19.4. The Balaban J connectivity index is 1.99. The van der Waals surface area contributed by atoms with Crippen LogP contribution in [0.2, 0.25) is 5.02 Å². The zero-order valence-electron chi connectivity index (χ0n) is 15.0. The molecule has 0 unspecified atom stereocenters. The van der Waals surface area contributed by atoms with Gasteiger partial charge in [-0.2, -0.15) is 0 Å². The van der Waals surface area contributed by atoms with E-state index >= 15 is 0 Å². The largest absolute Gasteiger partial charge is 0.507 e. The van der Waals surface area contributed by atoms with Crippen molar-refractivity contribution in [1.29, 1.82) is 0 Å². The van der Waals surface area contributed by atoms with E-state index in [1.54, 1.807) is 66.7 Å². The summed E-state index contributed by atoms with van der Waals surface area (Å²) in [5.74, 6) is -1.70. The molecule has 0 aromatic heterocycles. The van der Waals surface area contributed by atoms with E-state index in [9.17, 15) is 14.7 Å². The fourth-order valence-electron chi connectivity index (χ4n) is 3.47. The summed E-state index contributed by atoms with van der Waals surface area (Å²) in [6, 6.07) is 21.9. The summed E-state index contributed by atoms with van der Waals surface area (Å²) < 4.78 is 0.762. The van der Waals surface area contributed by atoms with Gasteiger partial charge in [0.05, 0.1) is 11.6 Å². The van der Waals surface area contributed by atoms with Gasteiger partial charge in [0.15, 0.2) is 0 Å². The molecule has 6 heteroatoms. The second kappa shape index (κ2) is 7.85. The van der Waals surface area contributed by atoms with Crippen LogP contribution in [0.15, 0.2) is 88.9 Å². The van der Waals surface area contributed by atoms with Crippen LogP contribution >= 0.6 is 27.5 Å². The Labute approximate surface area is 181 Å². The molecule has 1 heterocycles. The third-order valence-electron chi connectivity index (χ3n) is 4.78. The molecule has 1 aliphatic heterocycles. The highest BCUT2D eigenvalue weighted by Crippen LogP contribution is 2.44. The maximum Gasteiger partial charge on any atom is 0.300 e. The lowest BCUT2D eigenvalue weighted by Crippen LogP contribution is -2.29. The Hall–Kier alpha value is -2.89. The van der Waals surface area contributed by atoms with Crippen LogP contribution in [0, 0.1) is 0 Å². The second-order valence-corrected chi connectivity index (χ2v) is 7.86. The fraction of sp³-hybridized carbons (Fsp3) is 0.0435. The van der Waals surface area contributed by atoms with Gasteiger partial charge in [-0.3, -0.25) is 14.5 Å². The molecule has 0 radical (unpaired) electrons. The van der Waals surface area contributed by atoms with Gasteiger partial charge in [-0.05, 0) is 29.8 Å². The number of carbonyl (C=O) groups excluding carboxylic acids is 2. The van der Waals surface area contributed by atoms with Crippen molar-refractivity contribution in [2.24, 2.45) is 0 Å². The van der Waals surface area contributed by atoms with E-state index in [0.29, 0.717) is 21.8 Å². The monoisotopic (exact) mass is 467 g/mol. The Kier molecular flexibility index (Phi) is 5.26. The number of hydrogen-bond acceptors (Lipinski definition) is 3. The lowest BCUT2D eigenvalue weighted by Gasteiger charge is -2.26. The van der Waals surface area contributed by atoms with Crippen molar-refractivity contribution < 1.29 is 14.7 Å². The summed E-state index contributed by atoms with van der Waals surface area (Å²) in [6.07, 6.45) is 0. The maximum atomic E-state index is 13.0. The number of rotatable bonds is 3. The lowest BCUT2D eigenvalue weighted by atomic mass is 9.95. The molecule has 1 fully saturated rings. The Morgan fingerprint density at radius 3 is 2.31 bits per heavy atom. The number of aliphatic hydroxyl groups is 1. The second-order valence-electron chi connectivity index (χ2n) is 6.54. The number of amides is 1. The van der Waals surface area contributed by atoms with Crippen molar-refractivity contribution in [3.8, 4) is 0 Å². The molecule has 1 N–H and O–H groups in total. The first-order valence-electron chi connectivity index (χ1n) is 8.85. The quantitative estimate of drug-likeness (QED) is 0.303. The van der Waals surface area contributed by atoms with E-state index in [4.69, 9.17) is 11.6 Å². The van der Waals surface area contributed by atoms with Crippen molar-refractivity contribution in [2.45, 2.75) is 6.04 Å². The maximum absolute atomic E-state index is 13.0. The SMILES string of the molecule is O=C1C(=O)N(c2cccc(Br)c2)[C@@H](c2ccccc2Cl)/C1=C(\O)c1ccccc1. The molecule has 29 heavy (non-hydrogen) atoms. The minimum absolute atomic E-state index is 0.00859. The Morgan fingerprint density at radius 2 is 1.62 bits per heavy atom. The number of anilines is 1. The molecule has 0 spiro atoms. The van der Waals surface area contributed by atoms with Crippen molar-refractivity contribution in [1.82, 2.24) is 0 Å². The lowest BCUT2D eigenvalue weighted by molar-refractivity contribution is -0.132. The highest BCUT2D eigenvalue weighted by molar-refractivity contribution is 9.10. The van der Waals surface area contributed by atoms with E-state index < -0.39 is 17.7 Å². The number of Topliss-reactive ketones (excluding diaryl/α,β-unsaturated/α-hetero) is 1. The smallest absolute Gasteiger partial charge is 0.300 e. The van der Waals surface area contributed by atoms with Gasteiger partial charge in [0.2, 0.25) is 0 Å². The number of nitrogens with zero attached hydrogens (tertiary/aromatic N) is 1. The van der Waals surface area contributed by atoms with Gasteiger partial charge in [-0.1, -0.05) is 82.1 Å². The first-order valence-corrected chi connectivity index (χ1v) is 10.0. The molecule has 0 aliphatic carbocycles. The molecule has 1 amide bonds. The van der Waals surface area contributed by atoms with Crippen LogP contribution in [0.1, 0.15) is 17.2 Å². The first-order chi connectivity index (χ1) is 14.0. The molecule has 4 nitrogen and oxygen atoms in total. The predicted molar refractivity (Wildman–Crippen MR) is 117 cm³/mol. The summed E-state index contributed by atoms with van der Waals surface area (Å²) in [5, 5.41) is 11.4. The molecule has 0 bridgehead atoms. The third kappa shape index (κ3) is 3.48. The zero-order chi connectivity index (χ0) is 20.5. The molecular formula is C23H15BrClNO3. The Morgan fingerprint density at radius 1 is 0.931 bits per heavy atom. The van der Waals surface area contributed by atoms with Crippen LogP contribution in [0.4, 0.5) is 5.69 Å². The number of benzene rings is 3. The van der Waals surface area contributed by atoms with E-state index in [0.717, 1.165) is 4.47 Å². The number of ketones is 1. The van der Waals surface area contributed by atoms with Crippen molar-refractivity contribution in [3.63, 3.8) is 0 Å². The highest BCUT2D eigenvalue weighted by atomic mass is 79.9. The van der Waals surface area contributed by atoms with Gasteiger partial charge >= 0.3 is 0 Å². The number of carbonyl (C=O) groups is 2. The van der Waals surface area contributed by atoms with Gasteiger partial charge in [-0.25, -0.2) is 0 Å². The summed E-state index contributed by atoms with van der Waals surface area (Å²) in [7, 11) is 0. The molecule has 1 saturated heterocycles. The van der Waals surface area contributed by atoms with Crippen LogP contribution in [-0.2, 0) is 9.59 Å². The van der Waals surface area contributed by atoms with Crippen molar-refractivity contribution in [3.05, 3.63) is 105 Å². The average molecular weight is 469 g/mol. The summed E-state index contributed by atoms with van der Waals surface area (Å²) in [5.41, 5.74) is 1.55. The highest BCUT2D eigenvalue weighted by Gasteiger charge is 2.47. The molecular weight excluding hydrogens is 454 g/mol. The van der Waals surface area contributed by atoms with Crippen molar-refractivity contribution >= 4 is 50.7 Å². The summed E-state index contributed by atoms with van der Waals surface area (Å²) >= 11 is 9.84. The Bertz CT molecular complexity index is 1140. The van der Waals surface area contributed by atoms with Crippen LogP contribution in [0.5, 0.6) is 0 Å². The topological polar surface area (TPSA) is 57.6 Å². The molecule has 4 rings (SSSR count). The minimum atomic E-state index is -0.849. The van der Waals surface area contributed by atoms with Gasteiger partial charge in [0.1, 0.15) is 5.76 Å².